The van der Waals surface area contributed by atoms with E-state index in [0.29, 0.717) is 18.4 Å². The van der Waals surface area contributed by atoms with Crippen LogP contribution in [0.25, 0.3) is 0 Å². The molecule has 1 aromatic rings. The Hall–Kier alpha value is -0.930. The van der Waals surface area contributed by atoms with Gasteiger partial charge in [0.1, 0.15) is 5.82 Å². The van der Waals surface area contributed by atoms with Gasteiger partial charge in [0.15, 0.2) is 0 Å². The molecule has 0 radical (unpaired) electrons. The van der Waals surface area contributed by atoms with Crippen molar-refractivity contribution in [3.8, 4) is 0 Å². The first-order valence-corrected chi connectivity index (χ1v) is 5.84. The summed E-state index contributed by atoms with van der Waals surface area (Å²) in [6.07, 6.45) is 2.25. The van der Waals surface area contributed by atoms with Gasteiger partial charge in [-0.05, 0) is 43.0 Å². The Balaban J connectivity index is 2.11. The van der Waals surface area contributed by atoms with Crippen LogP contribution in [0.4, 0.5) is 4.39 Å². The molecule has 3 heteroatoms. The summed E-state index contributed by atoms with van der Waals surface area (Å²) in [7, 11) is 0. The highest BCUT2D eigenvalue weighted by Gasteiger charge is 2.24. The van der Waals surface area contributed by atoms with Gasteiger partial charge < -0.3 is 10.5 Å². The number of benzene rings is 1. The average molecular weight is 223 g/mol. The second kappa shape index (κ2) is 5.41. The highest BCUT2D eigenvalue weighted by Crippen LogP contribution is 2.30. The van der Waals surface area contributed by atoms with Crippen molar-refractivity contribution in [3.63, 3.8) is 0 Å². The van der Waals surface area contributed by atoms with Gasteiger partial charge >= 0.3 is 0 Å². The van der Waals surface area contributed by atoms with Crippen molar-refractivity contribution in [2.45, 2.75) is 18.8 Å². The molecule has 0 amide bonds. The fourth-order valence-corrected chi connectivity index (χ4v) is 2.39. The van der Waals surface area contributed by atoms with Crippen LogP contribution in [0, 0.1) is 11.7 Å². The molecule has 16 heavy (non-hydrogen) atoms. The summed E-state index contributed by atoms with van der Waals surface area (Å²) in [5, 5.41) is 0. The van der Waals surface area contributed by atoms with Crippen LogP contribution in [0.3, 0.4) is 0 Å². The minimum Gasteiger partial charge on any atom is -0.381 e. The van der Waals surface area contributed by atoms with Gasteiger partial charge in [-0.2, -0.15) is 0 Å². The second-order valence-corrected chi connectivity index (χ2v) is 4.37. The summed E-state index contributed by atoms with van der Waals surface area (Å²) in [6, 6.07) is 6.67. The molecular weight excluding hydrogens is 205 g/mol. The molecule has 88 valence electrons. The molecule has 1 fully saturated rings. The highest BCUT2D eigenvalue weighted by atomic mass is 19.1. The number of ether oxygens (including phenoxy) is 1. The fraction of sp³-hybridized carbons (Fsp3) is 0.538. The SMILES string of the molecule is NCC(c1ccc(F)cc1)C1CCCOC1. The van der Waals surface area contributed by atoms with Crippen LogP contribution < -0.4 is 5.73 Å². The van der Waals surface area contributed by atoms with Crippen molar-refractivity contribution in [3.05, 3.63) is 35.6 Å². The smallest absolute Gasteiger partial charge is 0.123 e. The Labute approximate surface area is 95.6 Å². The molecule has 1 heterocycles. The quantitative estimate of drug-likeness (QED) is 0.853. The molecule has 2 nitrogen and oxygen atoms in total. The van der Waals surface area contributed by atoms with Gasteiger partial charge in [-0.1, -0.05) is 12.1 Å². The van der Waals surface area contributed by atoms with E-state index in [-0.39, 0.29) is 5.82 Å². The Morgan fingerprint density at radius 1 is 1.38 bits per heavy atom. The van der Waals surface area contributed by atoms with E-state index in [1.54, 1.807) is 0 Å². The molecule has 0 saturated carbocycles. The predicted octanol–water partition coefficient (Wildman–Crippen LogP) is 2.29. The van der Waals surface area contributed by atoms with Crippen LogP contribution in [0.2, 0.25) is 0 Å². The molecule has 0 aliphatic carbocycles. The number of hydrogen-bond acceptors (Lipinski definition) is 2. The van der Waals surface area contributed by atoms with Gasteiger partial charge in [0, 0.05) is 12.5 Å². The van der Waals surface area contributed by atoms with Crippen molar-refractivity contribution >= 4 is 0 Å². The van der Waals surface area contributed by atoms with E-state index in [9.17, 15) is 4.39 Å². The first-order valence-electron chi connectivity index (χ1n) is 5.84. The minimum atomic E-state index is -0.195. The number of rotatable bonds is 3. The van der Waals surface area contributed by atoms with Gasteiger partial charge in [0.05, 0.1) is 6.61 Å². The van der Waals surface area contributed by atoms with Gasteiger partial charge in [-0.3, -0.25) is 0 Å². The van der Waals surface area contributed by atoms with E-state index >= 15 is 0 Å². The lowest BCUT2D eigenvalue weighted by Gasteiger charge is -2.29. The van der Waals surface area contributed by atoms with E-state index in [1.165, 1.54) is 12.1 Å². The molecule has 1 saturated heterocycles. The zero-order valence-electron chi connectivity index (χ0n) is 9.36. The van der Waals surface area contributed by atoms with E-state index in [0.717, 1.165) is 31.6 Å². The molecule has 2 unspecified atom stereocenters. The van der Waals surface area contributed by atoms with Gasteiger partial charge in [-0.15, -0.1) is 0 Å². The zero-order valence-corrected chi connectivity index (χ0v) is 9.36. The summed E-state index contributed by atoms with van der Waals surface area (Å²) in [6.45, 7) is 2.23. The molecule has 2 atom stereocenters. The summed E-state index contributed by atoms with van der Waals surface area (Å²) < 4.78 is 18.3. The Kier molecular flexibility index (Phi) is 3.91. The summed E-state index contributed by atoms with van der Waals surface area (Å²) in [5.74, 6) is 0.574. The van der Waals surface area contributed by atoms with Gasteiger partial charge in [-0.25, -0.2) is 4.39 Å². The molecule has 2 rings (SSSR count). The Bertz CT molecular complexity index is 319. The third kappa shape index (κ3) is 2.60. The van der Waals surface area contributed by atoms with Crippen LogP contribution in [-0.4, -0.2) is 19.8 Å². The summed E-state index contributed by atoms with van der Waals surface area (Å²) >= 11 is 0. The van der Waals surface area contributed by atoms with Crippen molar-refractivity contribution in [2.75, 3.05) is 19.8 Å². The monoisotopic (exact) mass is 223 g/mol. The van der Waals surface area contributed by atoms with Crippen molar-refractivity contribution in [1.29, 1.82) is 0 Å². The van der Waals surface area contributed by atoms with Crippen LogP contribution >= 0.6 is 0 Å². The Morgan fingerprint density at radius 2 is 2.12 bits per heavy atom. The van der Waals surface area contributed by atoms with Gasteiger partial charge in [0.2, 0.25) is 0 Å². The van der Waals surface area contributed by atoms with E-state index < -0.39 is 0 Å². The first kappa shape index (κ1) is 11.6. The maximum Gasteiger partial charge on any atom is 0.123 e. The lowest BCUT2D eigenvalue weighted by Crippen LogP contribution is -2.28. The van der Waals surface area contributed by atoms with E-state index in [1.807, 2.05) is 12.1 Å². The Morgan fingerprint density at radius 3 is 2.69 bits per heavy atom. The number of halogens is 1. The fourth-order valence-electron chi connectivity index (χ4n) is 2.39. The van der Waals surface area contributed by atoms with Crippen LogP contribution in [0.5, 0.6) is 0 Å². The molecule has 1 aliphatic rings. The van der Waals surface area contributed by atoms with Crippen molar-refractivity contribution in [1.82, 2.24) is 0 Å². The first-order chi connectivity index (χ1) is 7.81. The van der Waals surface area contributed by atoms with E-state index in [4.69, 9.17) is 10.5 Å². The van der Waals surface area contributed by atoms with Crippen LogP contribution in [0.1, 0.15) is 24.3 Å². The maximum absolute atomic E-state index is 12.8. The molecule has 1 aliphatic heterocycles. The number of nitrogens with two attached hydrogens (primary N) is 1. The maximum atomic E-state index is 12.8. The summed E-state index contributed by atoms with van der Waals surface area (Å²) in [4.78, 5) is 0. The molecular formula is C13H18FNO. The topological polar surface area (TPSA) is 35.2 Å². The lowest BCUT2D eigenvalue weighted by molar-refractivity contribution is 0.0450. The zero-order chi connectivity index (χ0) is 11.4. The van der Waals surface area contributed by atoms with Crippen LogP contribution in [0.15, 0.2) is 24.3 Å². The van der Waals surface area contributed by atoms with Crippen molar-refractivity contribution in [2.24, 2.45) is 11.7 Å². The molecule has 1 aromatic carbocycles. The average Bonchev–Trinajstić information content (AvgIpc) is 2.34. The lowest BCUT2D eigenvalue weighted by atomic mass is 9.83. The highest BCUT2D eigenvalue weighted by molar-refractivity contribution is 5.21. The van der Waals surface area contributed by atoms with E-state index in [2.05, 4.69) is 0 Å². The molecule has 0 spiro atoms. The molecule has 2 N–H and O–H groups in total. The molecule has 0 bridgehead atoms. The second-order valence-electron chi connectivity index (χ2n) is 4.37. The predicted molar refractivity (Wildman–Crippen MR) is 61.7 cm³/mol. The van der Waals surface area contributed by atoms with Crippen LogP contribution in [-0.2, 0) is 4.74 Å². The van der Waals surface area contributed by atoms with Crippen molar-refractivity contribution < 1.29 is 9.13 Å². The summed E-state index contributed by atoms with van der Waals surface area (Å²) in [5.41, 5.74) is 6.95. The normalized spacial score (nSPS) is 23.0. The number of hydrogen-bond donors (Lipinski definition) is 1. The minimum absolute atomic E-state index is 0.195. The van der Waals surface area contributed by atoms with Gasteiger partial charge in [0.25, 0.3) is 0 Å². The third-order valence-corrected chi connectivity index (χ3v) is 3.32. The molecule has 0 aromatic heterocycles. The standard InChI is InChI=1S/C13H18FNO/c14-12-5-3-10(4-6-12)13(8-15)11-2-1-7-16-9-11/h3-6,11,13H,1-2,7-9,15H2. The third-order valence-electron chi connectivity index (χ3n) is 3.32. The largest absolute Gasteiger partial charge is 0.381 e.